The molecule has 2 aliphatic rings. The van der Waals surface area contributed by atoms with Crippen molar-refractivity contribution in [3.05, 3.63) is 126 Å². The van der Waals surface area contributed by atoms with Crippen LogP contribution in [-0.2, 0) is 4.79 Å². The molecule has 4 aromatic rings. The maximum Gasteiger partial charge on any atom is 0.278 e. The molecule has 0 aliphatic carbocycles. The molecule has 0 bridgehead atoms. The predicted molar refractivity (Wildman–Crippen MR) is 146 cm³/mol. The predicted octanol–water partition coefficient (Wildman–Crippen LogP) is 3.91. The van der Waals surface area contributed by atoms with Crippen LogP contribution in [0.25, 0.3) is 11.1 Å². The zero-order valence-corrected chi connectivity index (χ0v) is 20.6. The first-order valence-electron chi connectivity index (χ1n) is 12.1. The van der Waals surface area contributed by atoms with Crippen LogP contribution in [0.15, 0.2) is 109 Å². The first-order valence-corrected chi connectivity index (χ1v) is 12.1. The summed E-state index contributed by atoms with van der Waals surface area (Å²) in [6, 6.07) is 27.2. The largest absolute Gasteiger partial charge is 0.497 e. The van der Waals surface area contributed by atoms with E-state index in [4.69, 9.17) is 10.5 Å². The van der Waals surface area contributed by atoms with E-state index in [2.05, 4.69) is 26.0 Å². The number of methoxy groups -OCH3 is 1. The number of benzene rings is 3. The van der Waals surface area contributed by atoms with E-state index in [-0.39, 0.29) is 11.9 Å². The molecule has 0 fully saturated rings. The van der Waals surface area contributed by atoms with E-state index >= 15 is 0 Å². The van der Waals surface area contributed by atoms with Gasteiger partial charge < -0.3 is 21.1 Å². The molecule has 38 heavy (non-hydrogen) atoms. The average Bonchev–Trinajstić information content (AvgIpc) is 3.35. The minimum absolute atomic E-state index is 0.221. The third kappa shape index (κ3) is 4.21. The van der Waals surface area contributed by atoms with Crippen LogP contribution in [0, 0.1) is 0 Å². The van der Waals surface area contributed by atoms with Crippen molar-refractivity contribution in [2.45, 2.75) is 6.04 Å². The molecule has 2 aliphatic heterocycles. The number of amides is 1. The molecule has 1 atom stereocenters. The van der Waals surface area contributed by atoms with Gasteiger partial charge in [-0.1, -0.05) is 72.8 Å². The van der Waals surface area contributed by atoms with Crippen molar-refractivity contribution in [3.63, 3.8) is 0 Å². The standard InChI is InChI=1S/C29H25N7O2/c1-38-21-14-12-19(13-15-21)25-27(33-23-17-31-22(30)16-32-23)34-28-24(18-8-4-2-5-9-18)26(35-36(28)29(25)37)20-10-6-3-7-11-20/h2-17,26,34-35H,1H3,(H2,30,31)(H,32,33). The summed E-state index contributed by atoms with van der Waals surface area (Å²) in [6.45, 7) is 0. The minimum atomic E-state index is -0.252. The third-order valence-corrected chi connectivity index (χ3v) is 6.46. The number of nitrogens with two attached hydrogens (primary N) is 1. The van der Waals surface area contributed by atoms with E-state index in [1.54, 1.807) is 12.1 Å². The Bertz CT molecular complexity index is 1530. The van der Waals surface area contributed by atoms with Gasteiger partial charge in [-0.3, -0.25) is 4.79 Å². The van der Waals surface area contributed by atoms with Crippen molar-refractivity contribution < 1.29 is 9.53 Å². The second kappa shape index (κ2) is 9.72. The maximum atomic E-state index is 14.2. The number of nitrogen functional groups attached to an aromatic ring is 1. The maximum absolute atomic E-state index is 14.2. The summed E-state index contributed by atoms with van der Waals surface area (Å²) in [5.74, 6) is 2.34. The lowest BCUT2D eigenvalue weighted by Gasteiger charge is -2.31. The molecule has 5 N–H and O–H groups in total. The monoisotopic (exact) mass is 503 g/mol. The van der Waals surface area contributed by atoms with Gasteiger partial charge in [-0.2, -0.15) is 0 Å². The number of nitrogens with one attached hydrogen (secondary N) is 3. The number of ether oxygens (including phenoxy) is 1. The summed E-state index contributed by atoms with van der Waals surface area (Å²) < 4.78 is 5.32. The van der Waals surface area contributed by atoms with Crippen molar-refractivity contribution in [1.82, 2.24) is 25.7 Å². The van der Waals surface area contributed by atoms with Crippen LogP contribution in [0.4, 0.5) is 11.6 Å². The Hall–Kier alpha value is -5.15. The normalized spacial score (nSPS) is 16.8. The number of hydrogen-bond acceptors (Lipinski definition) is 8. The summed E-state index contributed by atoms with van der Waals surface area (Å²) >= 11 is 0. The van der Waals surface area contributed by atoms with Gasteiger partial charge in [0, 0.05) is 5.57 Å². The highest BCUT2D eigenvalue weighted by Crippen LogP contribution is 2.41. The van der Waals surface area contributed by atoms with Gasteiger partial charge in [-0.15, -0.1) is 0 Å². The zero-order valence-electron chi connectivity index (χ0n) is 20.6. The average molecular weight is 504 g/mol. The van der Waals surface area contributed by atoms with Crippen molar-refractivity contribution in [3.8, 4) is 5.75 Å². The fourth-order valence-corrected chi connectivity index (χ4v) is 4.66. The van der Waals surface area contributed by atoms with Crippen LogP contribution in [0.1, 0.15) is 22.7 Å². The van der Waals surface area contributed by atoms with Crippen LogP contribution >= 0.6 is 0 Å². The van der Waals surface area contributed by atoms with Gasteiger partial charge in [0.25, 0.3) is 5.91 Å². The quantitative estimate of drug-likeness (QED) is 0.313. The van der Waals surface area contributed by atoms with Crippen molar-refractivity contribution in [2.75, 3.05) is 18.2 Å². The van der Waals surface area contributed by atoms with Gasteiger partial charge >= 0.3 is 0 Å². The second-order valence-electron chi connectivity index (χ2n) is 8.80. The molecular weight excluding hydrogens is 478 g/mol. The third-order valence-electron chi connectivity index (χ3n) is 6.46. The molecule has 0 saturated heterocycles. The molecule has 188 valence electrons. The van der Waals surface area contributed by atoms with Crippen LogP contribution < -0.4 is 26.5 Å². The summed E-state index contributed by atoms with van der Waals surface area (Å²) in [7, 11) is 1.61. The van der Waals surface area contributed by atoms with Crippen LogP contribution in [0.5, 0.6) is 5.75 Å². The topological polar surface area (TPSA) is 117 Å². The molecule has 1 unspecified atom stereocenters. The molecule has 6 rings (SSSR count). The van der Waals surface area contributed by atoms with E-state index in [0.717, 1.165) is 16.7 Å². The Kier molecular flexibility index (Phi) is 5.95. The number of aromatic nitrogens is 2. The highest BCUT2D eigenvalue weighted by atomic mass is 16.5. The van der Waals surface area contributed by atoms with E-state index in [0.29, 0.717) is 40.2 Å². The van der Waals surface area contributed by atoms with Crippen molar-refractivity contribution >= 4 is 28.7 Å². The Labute approximate surface area is 219 Å². The number of hydrogen-bond donors (Lipinski definition) is 4. The van der Waals surface area contributed by atoms with Crippen LogP contribution in [0.3, 0.4) is 0 Å². The van der Waals surface area contributed by atoms with Crippen LogP contribution in [-0.4, -0.2) is 28.0 Å². The zero-order chi connectivity index (χ0) is 26.1. The Morgan fingerprint density at radius 1 is 0.895 bits per heavy atom. The fraction of sp³-hybridized carbons (Fsp3) is 0.0690. The molecule has 3 heterocycles. The molecule has 0 radical (unpaired) electrons. The highest BCUT2D eigenvalue weighted by Gasteiger charge is 2.42. The number of anilines is 2. The summed E-state index contributed by atoms with van der Waals surface area (Å²) in [5, 5.41) is 8.33. The number of carbonyl (C=O) groups is 1. The van der Waals surface area contributed by atoms with E-state index < -0.39 is 0 Å². The lowest BCUT2D eigenvalue weighted by atomic mass is 9.94. The van der Waals surface area contributed by atoms with Gasteiger partial charge in [0.05, 0.1) is 31.1 Å². The molecule has 9 nitrogen and oxygen atoms in total. The van der Waals surface area contributed by atoms with Crippen molar-refractivity contribution in [1.29, 1.82) is 0 Å². The molecule has 3 aromatic carbocycles. The van der Waals surface area contributed by atoms with Gasteiger partial charge in [-0.05, 0) is 28.8 Å². The second-order valence-corrected chi connectivity index (χ2v) is 8.80. The van der Waals surface area contributed by atoms with E-state index in [1.165, 1.54) is 12.4 Å². The Morgan fingerprint density at radius 2 is 1.61 bits per heavy atom. The van der Waals surface area contributed by atoms with Gasteiger partial charge in [0.15, 0.2) is 0 Å². The van der Waals surface area contributed by atoms with E-state index in [9.17, 15) is 4.79 Å². The summed E-state index contributed by atoms with van der Waals surface area (Å²) in [5.41, 5.74) is 13.3. The summed E-state index contributed by atoms with van der Waals surface area (Å²) in [4.78, 5) is 22.6. The number of carbonyl (C=O) groups excluding carboxylic acids is 1. The SMILES string of the molecule is COc1ccc(C2=C(Nc3cnc(N)cn3)NC3=C(c4ccccc4)C(c4ccccc4)NN3C2=O)cc1. The fourth-order valence-electron chi connectivity index (χ4n) is 4.66. The van der Waals surface area contributed by atoms with Gasteiger partial charge in [-0.25, -0.2) is 20.4 Å². The van der Waals surface area contributed by atoms with E-state index in [1.807, 2.05) is 84.9 Å². The first-order chi connectivity index (χ1) is 18.6. The molecule has 1 aromatic heterocycles. The smallest absolute Gasteiger partial charge is 0.278 e. The number of fused-ring (bicyclic) bond motifs is 1. The number of hydrazine groups is 1. The minimum Gasteiger partial charge on any atom is -0.497 e. The molecule has 9 heteroatoms. The molecule has 0 spiro atoms. The van der Waals surface area contributed by atoms with Crippen molar-refractivity contribution in [2.24, 2.45) is 0 Å². The molecule has 1 amide bonds. The lowest BCUT2D eigenvalue weighted by molar-refractivity contribution is -0.126. The number of rotatable bonds is 6. The number of nitrogens with zero attached hydrogens (tertiary/aromatic N) is 3. The highest BCUT2D eigenvalue weighted by molar-refractivity contribution is 6.22. The molecular formula is C29H25N7O2. The Morgan fingerprint density at radius 3 is 2.26 bits per heavy atom. The van der Waals surface area contributed by atoms with Crippen LogP contribution in [0.2, 0.25) is 0 Å². The van der Waals surface area contributed by atoms with Gasteiger partial charge in [0.2, 0.25) is 0 Å². The Balaban J connectivity index is 1.51. The lowest BCUT2D eigenvalue weighted by Crippen LogP contribution is -2.47. The van der Waals surface area contributed by atoms with Gasteiger partial charge in [0.1, 0.15) is 29.0 Å². The first kappa shape index (κ1) is 23.3. The summed E-state index contributed by atoms with van der Waals surface area (Å²) in [6.07, 6.45) is 2.99. The molecule has 0 saturated carbocycles.